The van der Waals surface area contributed by atoms with Gasteiger partial charge in [0.2, 0.25) is 0 Å². The first-order valence-corrected chi connectivity index (χ1v) is 13.0. The fourth-order valence-corrected chi connectivity index (χ4v) is 4.00. The van der Waals surface area contributed by atoms with E-state index in [1.54, 1.807) is 0 Å². The van der Waals surface area contributed by atoms with E-state index in [0.717, 1.165) is 32.1 Å². The molecule has 11 heteroatoms. The summed E-state index contributed by atoms with van der Waals surface area (Å²) in [5.41, 5.74) is 0. The summed E-state index contributed by atoms with van der Waals surface area (Å²) in [6.07, 6.45) is 17.8. The normalized spacial score (nSPS) is 11.4. The van der Waals surface area contributed by atoms with Gasteiger partial charge in [0, 0.05) is 33.0 Å². The SMILES string of the molecule is CCCCCCCCCCCCCC(CCCCC)S(=O)(=O)[O-].O=[S-](=O)O.[Co].[Na+].[Na+]. The van der Waals surface area contributed by atoms with Crippen molar-refractivity contribution in [3.8, 4) is 0 Å². The van der Waals surface area contributed by atoms with Gasteiger partial charge in [0.1, 0.15) is 0 Å². The standard InChI is InChI=1S/C19H40O3S.Co.2Na.HO3S/c1-3-5-7-8-9-10-11-12-13-14-16-18-19(23(20,21)22)17-15-6-4-2;;;;1-4(2)3/h19H,3-18H2,1-2H3,(H,20,21,22);;;;(H,1,2,3)/q;;2*+1;-1/p-1. The molecule has 1 unspecified atom stereocenters. The molecule has 30 heavy (non-hydrogen) atoms. The molecule has 0 amide bonds. The Morgan fingerprint density at radius 2 is 0.933 bits per heavy atom. The maximum Gasteiger partial charge on any atom is 1.00 e. The molecule has 0 aliphatic heterocycles. The van der Waals surface area contributed by atoms with Crippen molar-refractivity contribution in [1.82, 2.24) is 0 Å². The van der Waals surface area contributed by atoms with Gasteiger partial charge in [-0.15, -0.1) is 0 Å². The van der Waals surface area contributed by atoms with E-state index >= 15 is 0 Å². The minimum Gasteiger partial charge on any atom is -0.748 e. The van der Waals surface area contributed by atoms with E-state index in [0.29, 0.717) is 12.8 Å². The van der Waals surface area contributed by atoms with Crippen molar-refractivity contribution in [2.24, 2.45) is 0 Å². The molecule has 0 aromatic carbocycles. The topological polar surface area (TPSA) is 112 Å². The van der Waals surface area contributed by atoms with Gasteiger partial charge in [-0.1, -0.05) is 104 Å². The van der Waals surface area contributed by atoms with Crippen LogP contribution in [0, 0.1) is 0 Å². The molecule has 0 aromatic rings. The van der Waals surface area contributed by atoms with Gasteiger partial charge in [-0.05, 0) is 12.8 Å². The third kappa shape index (κ3) is 37.6. The summed E-state index contributed by atoms with van der Waals surface area (Å²) in [5, 5.41) is -0.646. The molecule has 0 heterocycles. The molecule has 175 valence electrons. The maximum absolute atomic E-state index is 11.3. The summed E-state index contributed by atoms with van der Waals surface area (Å²) < 4.78 is 57.9. The molecule has 0 fully saturated rings. The molecule has 1 radical (unpaired) electrons. The predicted molar refractivity (Wildman–Crippen MR) is 110 cm³/mol. The monoisotopic (exact) mass is 533 g/mol. The van der Waals surface area contributed by atoms with Crippen LogP contribution >= 0.6 is 0 Å². The van der Waals surface area contributed by atoms with Crippen molar-refractivity contribution in [2.45, 2.75) is 122 Å². The Bertz CT molecular complexity index is 483. The molecule has 0 spiro atoms. The molecule has 0 bridgehead atoms. The zero-order chi connectivity index (χ0) is 21.0. The first kappa shape index (κ1) is 42.5. The Morgan fingerprint density at radius 1 is 0.700 bits per heavy atom. The molecule has 0 saturated carbocycles. The molecule has 0 aromatic heterocycles. The maximum atomic E-state index is 11.3. The second-order valence-corrected chi connectivity index (χ2v) is 9.24. The first-order valence-electron chi connectivity index (χ1n) is 10.5. The third-order valence-electron chi connectivity index (χ3n) is 4.67. The Balaban J connectivity index is -0.000000272. The second-order valence-electron chi connectivity index (χ2n) is 7.15. The molecular formula is C19H40CoNa2O6S2. The number of unbranched alkanes of at least 4 members (excludes halogenated alkanes) is 12. The van der Waals surface area contributed by atoms with Crippen LogP contribution in [0.15, 0.2) is 0 Å². The van der Waals surface area contributed by atoms with Crippen LogP contribution in [0.3, 0.4) is 0 Å². The quantitative estimate of drug-likeness (QED) is 0.0924. The fraction of sp³-hybridized carbons (Fsp3) is 1.00. The van der Waals surface area contributed by atoms with E-state index < -0.39 is 26.4 Å². The van der Waals surface area contributed by atoms with Crippen molar-refractivity contribution >= 4 is 21.1 Å². The molecule has 0 rings (SSSR count). The summed E-state index contributed by atoms with van der Waals surface area (Å²) in [6, 6.07) is 0. The Morgan fingerprint density at radius 3 is 1.23 bits per heavy atom. The van der Waals surface area contributed by atoms with Crippen LogP contribution in [0.1, 0.15) is 117 Å². The van der Waals surface area contributed by atoms with Crippen LogP contribution < -0.4 is 59.1 Å². The van der Waals surface area contributed by atoms with Gasteiger partial charge in [-0.3, -0.25) is 0 Å². The summed E-state index contributed by atoms with van der Waals surface area (Å²) in [6.45, 7) is 4.33. The van der Waals surface area contributed by atoms with Crippen molar-refractivity contribution < 1.29 is 102 Å². The van der Waals surface area contributed by atoms with E-state index in [2.05, 4.69) is 13.8 Å². The fourth-order valence-electron chi connectivity index (χ4n) is 3.09. The molecular weight excluding hydrogens is 493 g/mol. The number of hydrogen-bond donors (Lipinski definition) is 1. The van der Waals surface area contributed by atoms with Gasteiger partial charge < -0.3 is 17.5 Å². The molecule has 6 nitrogen and oxygen atoms in total. The van der Waals surface area contributed by atoms with Crippen molar-refractivity contribution in [3.05, 3.63) is 0 Å². The van der Waals surface area contributed by atoms with E-state index in [-0.39, 0.29) is 75.9 Å². The summed E-state index contributed by atoms with van der Waals surface area (Å²) in [4.78, 5) is 0. The van der Waals surface area contributed by atoms with E-state index in [9.17, 15) is 13.0 Å². The van der Waals surface area contributed by atoms with Crippen LogP contribution in [0.4, 0.5) is 0 Å². The van der Waals surface area contributed by atoms with Crippen LogP contribution in [0.5, 0.6) is 0 Å². The first-order chi connectivity index (χ1) is 12.8. The van der Waals surface area contributed by atoms with E-state index in [1.165, 1.54) is 57.8 Å². The third-order valence-corrected chi connectivity index (χ3v) is 5.96. The second kappa shape index (κ2) is 31.3. The summed E-state index contributed by atoms with van der Waals surface area (Å²) in [7, 11) is -6.97. The van der Waals surface area contributed by atoms with Crippen LogP contribution in [0.25, 0.3) is 0 Å². The molecule has 1 atom stereocenters. The van der Waals surface area contributed by atoms with Crippen LogP contribution in [0.2, 0.25) is 0 Å². The van der Waals surface area contributed by atoms with Crippen molar-refractivity contribution in [2.75, 3.05) is 0 Å². The minimum atomic E-state index is -4.11. The molecule has 0 aliphatic rings. The van der Waals surface area contributed by atoms with Gasteiger partial charge in [0.05, 0.1) is 10.1 Å². The van der Waals surface area contributed by atoms with Gasteiger partial charge in [0.25, 0.3) is 0 Å². The average Bonchev–Trinajstić information content (AvgIpc) is 2.56. The van der Waals surface area contributed by atoms with E-state index in [4.69, 9.17) is 13.0 Å². The summed E-state index contributed by atoms with van der Waals surface area (Å²) in [5.74, 6) is 0. The largest absolute Gasteiger partial charge is 1.00 e. The molecule has 1 N–H and O–H groups in total. The van der Waals surface area contributed by atoms with Gasteiger partial charge in [-0.2, -0.15) is 0 Å². The minimum absolute atomic E-state index is 0. The van der Waals surface area contributed by atoms with Gasteiger partial charge in [0.15, 0.2) is 0 Å². The Kier molecular flexibility index (Phi) is 44.4. The Hall–Kier alpha value is 2.33. The molecule has 0 saturated heterocycles. The molecule has 0 aliphatic carbocycles. The summed E-state index contributed by atoms with van der Waals surface area (Å²) >= 11 is 0. The number of rotatable bonds is 17. The van der Waals surface area contributed by atoms with Gasteiger partial charge >= 0.3 is 59.1 Å². The number of hydrogen-bond acceptors (Lipinski definition) is 6. The predicted octanol–water partition coefficient (Wildman–Crippen LogP) is -0.0442. The smallest absolute Gasteiger partial charge is 0.748 e. The van der Waals surface area contributed by atoms with Crippen molar-refractivity contribution in [3.63, 3.8) is 0 Å². The van der Waals surface area contributed by atoms with Crippen LogP contribution in [-0.4, -0.2) is 22.8 Å². The van der Waals surface area contributed by atoms with Gasteiger partial charge in [-0.25, -0.2) is 8.42 Å². The van der Waals surface area contributed by atoms with Crippen LogP contribution in [-0.2, 0) is 46.3 Å². The van der Waals surface area contributed by atoms with E-state index in [1.807, 2.05) is 0 Å². The zero-order valence-electron chi connectivity index (χ0n) is 19.5. The van der Waals surface area contributed by atoms with Crippen molar-refractivity contribution in [1.29, 1.82) is 0 Å². The Labute approximate surface area is 242 Å². The zero-order valence-corrected chi connectivity index (χ0v) is 26.2. The average molecular weight is 534 g/mol.